The van der Waals surface area contributed by atoms with E-state index in [1.54, 1.807) is 0 Å². The molecule has 64 valence electrons. The normalized spacial score (nSPS) is 13.7. The van der Waals surface area contributed by atoms with Gasteiger partial charge in [0.15, 0.2) is 0 Å². The fourth-order valence-electron chi connectivity index (χ4n) is 1.38. The van der Waals surface area contributed by atoms with Crippen molar-refractivity contribution in [3.63, 3.8) is 0 Å². The molecule has 0 unspecified atom stereocenters. The molecule has 3 heteroatoms. The molecule has 3 nitrogen and oxygen atoms in total. The Bertz CT molecular complexity index is 401. The molecule has 0 radical (unpaired) electrons. The molecule has 0 aliphatic carbocycles. The minimum Gasteiger partial charge on any atom is -0.368 e. The third-order valence-electron chi connectivity index (χ3n) is 2.10. The fraction of sp³-hybridized carbons (Fsp3) is 0.200. The molecule has 0 bridgehead atoms. The zero-order chi connectivity index (χ0) is 9.26. The van der Waals surface area contributed by atoms with Gasteiger partial charge in [0.25, 0.3) is 0 Å². The van der Waals surface area contributed by atoms with Gasteiger partial charge < -0.3 is 4.90 Å². The largest absolute Gasteiger partial charge is 0.368 e. The van der Waals surface area contributed by atoms with Crippen molar-refractivity contribution in [1.82, 2.24) is 0 Å². The van der Waals surface area contributed by atoms with E-state index >= 15 is 0 Å². The van der Waals surface area contributed by atoms with Crippen molar-refractivity contribution in [2.45, 2.75) is 0 Å². The number of rotatable bonds is 0. The zero-order valence-corrected chi connectivity index (χ0v) is 7.36. The van der Waals surface area contributed by atoms with E-state index in [2.05, 4.69) is 16.0 Å². The summed E-state index contributed by atoms with van der Waals surface area (Å²) in [6, 6.07) is 7.66. The lowest BCUT2D eigenvalue weighted by Crippen LogP contribution is -2.21. The van der Waals surface area contributed by atoms with E-state index in [0.717, 1.165) is 17.9 Å². The number of hydrogen-bond acceptors (Lipinski definition) is 3. The first-order chi connectivity index (χ1) is 6.31. The fourth-order valence-corrected chi connectivity index (χ4v) is 1.38. The Kier molecular flexibility index (Phi) is 1.75. The Hall–Kier alpha value is -1.82. The second kappa shape index (κ2) is 2.91. The summed E-state index contributed by atoms with van der Waals surface area (Å²) in [7, 11) is 2.01. The van der Waals surface area contributed by atoms with Crippen molar-refractivity contribution in [3.05, 3.63) is 23.8 Å². The Morgan fingerprint density at radius 1 is 1.54 bits per heavy atom. The van der Waals surface area contributed by atoms with Crippen LogP contribution in [0.4, 0.5) is 11.4 Å². The predicted molar refractivity (Wildman–Crippen MR) is 52.6 cm³/mol. The quantitative estimate of drug-likeness (QED) is 0.596. The molecule has 0 saturated heterocycles. The minimum atomic E-state index is 0.659. The van der Waals surface area contributed by atoms with Crippen LogP contribution in [0.3, 0.4) is 0 Å². The van der Waals surface area contributed by atoms with Crippen LogP contribution in [0, 0.1) is 11.3 Å². The molecule has 2 rings (SSSR count). The van der Waals surface area contributed by atoms with Crippen LogP contribution >= 0.6 is 0 Å². The second-order valence-electron chi connectivity index (χ2n) is 3.01. The average Bonchev–Trinajstić information content (AvgIpc) is 2.18. The van der Waals surface area contributed by atoms with Crippen LogP contribution in [0.25, 0.3) is 0 Å². The maximum Gasteiger partial charge on any atom is 0.0992 e. The summed E-state index contributed by atoms with van der Waals surface area (Å²) in [5.41, 5.74) is 2.63. The van der Waals surface area contributed by atoms with E-state index < -0.39 is 0 Å². The van der Waals surface area contributed by atoms with Crippen molar-refractivity contribution < 1.29 is 0 Å². The average molecular weight is 171 g/mol. The highest BCUT2D eigenvalue weighted by atomic mass is 15.1. The Morgan fingerprint density at radius 3 is 3.15 bits per heavy atom. The standard InChI is InChI=1S/C10H9N3/c1-13-5-4-12-9-6-8(7-11)2-3-10(9)13/h2-4,6H,5H2,1H3. The van der Waals surface area contributed by atoms with Crippen molar-refractivity contribution in [2.75, 3.05) is 18.5 Å². The SMILES string of the molecule is CN1CC=Nc2cc(C#N)ccc21. The Labute approximate surface area is 76.9 Å². The van der Waals surface area contributed by atoms with Gasteiger partial charge in [-0.05, 0) is 18.2 Å². The van der Waals surface area contributed by atoms with Crippen molar-refractivity contribution in [2.24, 2.45) is 4.99 Å². The van der Waals surface area contributed by atoms with Crippen LogP contribution in [0.15, 0.2) is 23.2 Å². The third-order valence-corrected chi connectivity index (χ3v) is 2.10. The van der Waals surface area contributed by atoms with Crippen LogP contribution in [-0.4, -0.2) is 19.8 Å². The lowest BCUT2D eigenvalue weighted by atomic mass is 10.1. The van der Waals surface area contributed by atoms with E-state index in [9.17, 15) is 0 Å². The van der Waals surface area contributed by atoms with Crippen molar-refractivity contribution >= 4 is 17.6 Å². The molecular weight excluding hydrogens is 162 g/mol. The summed E-state index contributed by atoms with van der Waals surface area (Å²) in [4.78, 5) is 6.33. The Morgan fingerprint density at radius 2 is 2.38 bits per heavy atom. The van der Waals surface area contributed by atoms with E-state index in [1.165, 1.54) is 0 Å². The molecule has 1 aromatic carbocycles. The van der Waals surface area contributed by atoms with Gasteiger partial charge in [-0.1, -0.05) is 0 Å². The highest BCUT2D eigenvalue weighted by molar-refractivity contribution is 5.82. The van der Waals surface area contributed by atoms with E-state index in [4.69, 9.17) is 5.26 Å². The summed E-state index contributed by atoms with van der Waals surface area (Å²) in [5.74, 6) is 0. The highest BCUT2D eigenvalue weighted by Gasteiger charge is 2.09. The topological polar surface area (TPSA) is 39.4 Å². The summed E-state index contributed by atoms with van der Waals surface area (Å²) in [6.07, 6.45) is 1.85. The van der Waals surface area contributed by atoms with Crippen LogP contribution < -0.4 is 4.90 Å². The molecule has 0 amide bonds. The molecule has 0 saturated carbocycles. The first kappa shape index (κ1) is 7.81. The number of benzene rings is 1. The van der Waals surface area contributed by atoms with Crippen molar-refractivity contribution in [1.29, 1.82) is 5.26 Å². The van der Waals surface area contributed by atoms with Gasteiger partial charge in [-0.15, -0.1) is 0 Å². The van der Waals surface area contributed by atoms with E-state index in [0.29, 0.717) is 5.56 Å². The molecule has 1 aliphatic heterocycles. The van der Waals surface area contributed by atoms with Gasteiger partial charge in [0.2, 0.25) is 0 Å². The van der Waals surface area contributed by atoms with Crippen LogP contribution in [-0.2, 0) is 0 Å². The van der Waals surface area contributed by atoms with Gasteiger partial charge in [0.1, 0.15) is 0 Å². The molecule has 13 heavy (non-hydrogen) atoms. The van der Waals surface area contributed by atoms with Gasteiger partial charge >= 0.3 is 0 Å². The minimum absolute atomic E-state index is 0.659. The number of hydrogen-bond donors (Lipinski definition) is 0. The maximum atomic E-state index is 8.69. The summed E-state index contributed by atoms with van der Waals surface area (Å²) in [5, 5.41) is 8.69. The monoisotopic (exact) mass is 171 g/mol. The molecule has 0 aromatic heterocycles. The van der Waals surface area contributed by atoms with E-state index in [1.807, 2.05) is 31.5 Å². The molecule has 0 N–H and O–H groups in total. The molecule has 1 aliphatic rings. The first-order valence-corrected chi connectivity index (χ1v) is 4.09. The molecular formula is C10H9N3. The van der Waals surface area contributed by atoms with Crippen LogP contribution in [0.1, 0.15) is 5.56 Å². The summed E-state index contributed by atoms with van der Waals surface area (Å²) < 4.78 is 0. The zero-order valence-electron chi connectivity index (χ0n) is 7.36. The van der Waals surface area contributed by atoms with Crippen molar-refractivity contribution in [3.8, 4) is 6.07 Å². The summed E-state index contributed by atoms with van der Waals surface area (Å²) >= 11 is 0. The summed E-state index contributed by atoms with van der Waals surface area (Å²) in [6.45, 7) is 0.832. The number of anilines is 1. The molecule has 0 fully saturated rings. The van der Waals surface area contributed by atoms with Gasteiger partial charge in [0, 0.05) is 13.3 Å². The van der Waals surface area contributed by atoms with Gasteiger partial charge in [-0.25, -0.2) is 0 Å². The molecule has 0 spiro atoms. The van der Waals surface area contributed by atoms with Gasteiger partial charge in [-0.2, -0.15) is 5.26 Å². The molecule has 0 atom stereocenters. The highest BCUT2D eigenvalue weighted by Crippen LogP contribution is 2.30. The number of nitrogens with zero attached hydrogens (tertiary/aromatic N) is 3. The lowest BCUT2D eigenvalue weighted by molar-refractivity contribution is 1.05. The number of fused-ring (bicyclic) bond motifs is 1. The second-order valence-corrected chi connectivity index (χ2v) is 3.01. The maximum absolute atomic E-state index is 8.69. The van der Waals surface area contributed by atoms with Gasteiger partial charge in [0.05, 0.1) is 29.6 Å². The smallest absolute Gasteiger partial charge is 0.0992 e. The van der Waals surface area contributed by atoms with Gasteiger partial charge in [-0.3, -0.25) is 4.99 Å². The van der Waals surface area contributed by atoms with Crippen LogP contribution in [0.2, 0.25) is 0 Å². The number of nitriles is 1. The predicted octanol–water partition coefficient (Wildman–Crippen LogP) is 1.71. The first-order valence-electron chi connectivity index (χ1n) is 4.09. The third kappa shape index (κ3) is 1.27. The van der Waals surface area contributed by atoms with E-state index in [-0.39, 0.29) is 0 Å². The number of aliphatic imine (C=N–C) groups is 1. The Balaban J connectivity index is 2.55. The lowest BCUT2D eigenvalue weighted by Gasteiger charge is -2.22. The molecule has 1 heterocycles. The van der Waals surface area contributed by atoms with Crippen LogP contribution in [0.5, 0.6) is 0 Å². The molecule has 1 aromatic rings.